The van der Waals surface area contributed by atoms with Crippen molar-refractivity contribution in [2.24, 2.45) is 0 Å². The summed E-state index contributed by atoms with van der Waals surface area (Å²) in [6, 6.07) is 9.03. The van der Waals surface area contributed by atoms with Crippen LogP contribution >= 0.6 is 0 Å². The first-order valence-electron chi connectivity index (χ1n) is 11.1. The SMILES string of the molecule is Cc1cc2c(cc1C#N)c(-c1cnc3c(c1)NC(C)(C)C=C3)cn2C1CCC(O)CC1. The molecule has 0 atom stereocenters. The standard InChI is InChI=1S/C26H28N4O/c1-16-10-25-21(11-17(16)13-27)22(15-30(25)19-4-6-20(31)7-5-19)18-12-24-23(28-14-18)8-9-26(2,3)29-24/h8-12,14-15,19-20,29,31H,4-7H2,1-3H3. The average molecular weight is 413 g/mol. The first-order chi connectivity index (χ1) is 14.8. The van der Waals surface area contributed by atoms with Crippen molar-refractivity contribution in [2.75, 3.05) is 5.32 Å². The fourth-order valence-electron chi connectivity index (χ4n) is 4.92. The van der Waals surface area contributed by atoms with E-state index >= 15 is 0 Å². The van der Waals surface area contributed by atoms with Crippen LogP contribution < -0.4 is 5.32 Å². The molecule has 0 bridgehead atoms. The van der Waals surface area contributed by atoms with E-state index in [-0.39, 0.29) is 11.6 Å². The van der Waals surface area contributed by atoms with E-state index in [9.17, 15) is 10.4 Å². The maximum atomic E-state index is 9.97. The Morgan fingerprint density at radius 1 is 1.19 bits per heavy atom. The van der Waals surface area contributed by atoms with Crippen LogP contribution in [0.1, 0.15) is 62.4 Å². The lowest BCUT2D eigenvalue weighted by Gasteiger charge is -2.28. The van der Waals surface area contributed by atoms with Gasteiger partial charge in [0.05, 0.1) is 34.7 Å². The molecule has 0 saturated heterocycles. The van der Waals surface area contributed by atoms with E-state index in [1.807, 2.05) is 19.2 Å². The molecule has 31 heavy (non-hydrogen) atoms. The number of aliphatic hydroxyl groups is 1. The zero-order valence-corrected chi connectivity index (χ0v) is 18.3. The van der Waals surface area contributed by atoms with Gasteiger partial charge in [0.15, 0.2) is 0 Å². The molecular weight excluding hydrogens is 384 g/mol. The van der Waals surface area contributed by atoms with Crippen LogP contribution in [-0.2, 0) is 0 Å². The number of aliphatic hydroxyl groups excluding tert-OH is 1. The number of aryl methyl sites for hydroxylation is 1. The Bertz CT molecular complexity index is 1240. The molecule has 2 aromatic heterocycles. The summed E-state index contributed by atoms with van der Waals surface area (Å²) in [7, 11) is 0. The molecule has 2 aliphatic rings. The quantitative estimate of drug-likeness (QED) is 0.576. The number of hydrogen-bond acceptors (Lipinski definition) is 4. The second kappa shape index (κ2) is 7.25. The van der Waals surface area contributed by atoms with Crippen molar-refractivity contribution in [1.82, 2.24) is 9.55 Å². The molecule has 1 aromatic carbocycles. The van der Waals surface area contributed by atoms with E-state index in [0.717, 1.165) is 64.7 Å². The van der Waals surface area contributed by atoms with Gasteiger partial charge in [0.1, 0.15) is 0 Å². The van der Waals surface area contributed by atoms with Crippen molar-refractivity contribution in [3.05, 3.63) is 53.5 Å². The lowest BCUT2D eigenvalue weighted by molar-refractivity contribution is 0.111. The molecular formula is C26H28N4O. The van der Waals surface area contributed by atoms with E-state index in [4.69, 9.17) is 4.98 Å². The molecule has 0 amide bonds. The fraction of sp³-hybridized carbons (Fsp3) is 0.385. The molecule has 1 aliphatic heterocycles. The molecule has 1 aliphatic carbocycles. The van der Waals surface area contributed by atoms with Crippen molar-refractivity contribution >= 4 is 22.7 Å². The highest BCUT2D eigenvalue weighted by molar-refractivity contribution is 5.98. The van der Waals surface area contributed by atoms with Crippen LogP contribution in [-0.4, -0.2) is 26.3 Å². The molecule has 0 unspecified atom stereocenters. The Labute approximate surface area is 183 Å². The number of hydrogen-bond donors (Lipinski definition) is 2. The van der Waals surface area contributed by atoms with E-state index in [2.05, 4.69) is 60.3 Å². The molecule has 2 N–H and O–H groups in total. The number of nitriles is 1. The summed E-state index contributed by atoms with van der Waals surface area (Å²) in [4.78, 5) is 4.70. The zero-order chi connectivity index (χ0) is 21.8. The minimum Gasteiger partial charge on any atom is -0.393 e. The number of fused-ring (bicyclic) bond motifs is 2. The normalized spacial score (nSPS) is 22.0. The Morgan fingerprint density at radius 3 is 2.71 bits per heavy atom. The van der Waals surface area contributed by atoms with Crippen molar-refractivity contribution in [3.8, 4) is 17.2 Å². The summed E-state index contributed by atoms with van der Waals surface area (Å²) in [5.41, 5.74) is 6.86. The molecule has 0 radical (unpaired) electrons. The molecule has 0 spiro atoms. The van der Waals surface area contributed by atoms with Gasteiger partial charge in [-0.1, -0.05) is 6.08 Å². The summed E-state index contributed by atoms with van der Waals surface area (Å²) in [6.07, 6.45) is 11.8. The fourth-order valence-corrected chi connectivity index (χ4v) is 4.92. The predicted molar refractivity (Wildman–Crippen MR) is 125 cm³/mol. The Kier molecular flexibility index (Phi) is 4.64. The van der Waals surface area contributed by atoms with Crippen LogP contribution in [0.4, 0.5) is 5.69 Å². The summed E-state index contributed by atoms with van der Waals surface area (Å²) in [6.45, 7) is 6.29. The number of pyridine rings is 1. The third-order valence-electron chi connectivity index (χ3n) is 6.70. The van der Waals surface area contributed by atoms with Gasteiger partial charge in [0, 0.05) is 40.5 Å². The van der Waals surface area contributed by atoms with Crippen LogP contribution in [0, 0.1) is 18.3 Å². The smallest absolute Gasteiger partial charge is 0.0994 e. The van der Waals surface area contributed by atoms with Crippen LogP contribution in [0.15, 0.2) is 36.7 Å². The Morgan fingerprint density at radius 2 is 1.97 bits per heavy atom. The second-order valence-corrected chi connectivity index (χ2v) is 9.55. The van der Waals surface area contributed by atoms with Gasteiger partial charge in [-0.25, -0.2) is 0 Å². The molecule has 3 heterocycles. The monoisotopic (exact) mass is 412 g/mol. The summed E-state index contributed by atoms with van der Waals surface area (Å²) < 4.78 is 2.36. The van der Waals surface area contributed by atoms with Gasteiger partial charge in [0.2, 0.25) is 0 Å². The van der Waals surface area contributed by atoms with Gasteiger partial charge in [-0.3, -0.25) is 4.98 Å². The lowest BCUT2D eigenvalue weighted by Crippen LogP contribution is -2.30. The van der Waals surface area contributed by atoms with Crippen LogP contribution in [0.2, 0.25) is 0 Å². The molecule has 5 nitrogen and oxygen atoms in total. The predicted octanol–water partition coefficient (Wildman–Crippen LogP) is 5.58. The molecule has 5 rings (SSSR count). The molecule has 5 heteroatoms. The molecule has 1 saturated carbocycles. The first kappa shape index (κ1) is 19.8. The van der Waals surface area contributed by atoms with E-state index in [1.165, 1.54) is 0 Å². The lowest BCUT2D eigenvalue weighted by atomic mass is 9.93. The number of rotatable bonds is 2. The Balaban J connectivity index is 1.67. The topological polar surface area (TPSA) is 73.9 Å². The third-order valence-corrected chi connectivity index (χ3v) is 6.70. The maximum absolute atomic E-state index is 9.97. The van der Waals surface area contributed by atoms with Crippen LogP contribution in [0.3, 0.4) is 0 Å². The van der Waals surface area contributed by atoms with Gasteiger partial charge in [-0.15, -0.1) is 0 Å². The number of aromatic nitrogens is 2. The highest BCUT2D eigenvalue weighted by atomic mass is 16.3. The number of nitrogens with one attached hydrogen (secondary N) is 1. The number of nitrogens with zero attached hydrogens (tertiary/aromatic N) is 3. The minimum atomic E-state index is -0.184. The summed E-state index contributed by atoms with van der Waals surface area (Å²) in [5.74, 6) is 0. The van der Waals surface area contributed by atoms with Crippen molar-refractivity contribution < 1.29 is 5.11 Å². The van der Waals surface area contributed by atoms with Crippen molar-refractivity contribution in [1.29, 1.82) is 5.26 Å². The molecule has 1 fully saturated rings. The van der Waals surface area contributed by atoms with Crippen LogP contribution in [0.5, 0.6) is 0 Å². The van der Waals surface area contributed by atoms with Gasteiger partial charge >= 0.3 is 0 Å². The van der Waals surface area contributed by atoms with Crippen molar-refractivity contribution in [3.63, 3.8) is 0 Å². The number of anilines is 1. The highest BCUT2D eigenvalue weighted by Gasteiger charge is 2.25. The molecule has 158 valence electrons. The number of benzene rings is 1. The Hall–Kier alpha value is -3.10. The van der Waals surface area contributed by atoms with Crippen molar-refractivity contribution in [2.45, 2.75) is 64.1 Å². The third kappa shape index (κ3) is 3.51. The largest absolute Gasteiger partial charge is 0.393 e. The highest BCUT2D eigenvalue weighted by Crippen LogP contribution is 2.39. The average Bonchev–Trinajstić information content (AvgIpc) is 3.10. The van der Waals surface area contributed by atoms with Crippen LogP contribution in [0.25, 0.3) is 28.1 Å². The van der Waals surface area contributed by atoms with E-state index < -0.39 is 0 Å². The summed E-state index contributed by atoms with van der Waals surface area (Å²) >= 11 is 0. The molecule has 3 aromatic rings. The zero-order valence-electron chi connectivity index (χ0n) is 18.3. The minimum absolute atomic E-state index is 0.116. The second-order valence-electron chi connectivity index (χ2n) is 9.55. The van der Waals surface area contributed by atoms with E-state index in [1.54, 1.807) is 0 Å². The van der Waals surface area contributed by atoms with Gasteiger partial charge in [-0.05, 0) is 76.3 Å². The van der Waals surface area contributed by atoms with E-state index in [0.29, 0.717) is 11.6 Å². The van der Waals surface area contributed by atoms with Gasteiger partial charge in [-0.2, -0.15) is 5.26 Å². The first-order valence-corrected chi connectivity index (χ1v) is 11.1. The van der Waals surface area contributed by atoms with Gasteiger partial charge < -0.3 is 15.0 Å². The van der Waals surface area contributed by atoms with Gasteiger partial charge in [0.25, 0.3) is 0 Å². The summed E-state index contributed by atoms with van der Waals surface area (Å²) in [5, 5.41) is 24.2. The maximum Gasteiger partial charge on any atom is 0.0994 e.